The molecular weight excluding hydrogens is 410 g/mol. The normalized spacial score (nSPS) is 12.3. The van der Waals surface area contributed by atoms with Gasteiger partial charge in [0.1, 0.15) is 11.7 Å². The molecular formula is C24H23N3O5. The smallest absolute Gasteiger partial charge is 0.354 e. The summed E-state index contributed by atoms with van der Waals surface area (Å²) in [5.41, 5.74) is 3.36. The van der Waals surface area contributed by atoms with Gasteiger partial charge in [-0.1, -0.05) is 48.5 Å². The third kappa shape index (κ3) is 4.18. The van der Waals surface area contributed by atoms with E-state index in [1.54, 1.807) is 6.07 Å². The van der Waals surface area contributed by atoms with Crippen molar-refractivity contribution in [2.24, 2.45) is 0 Å². The van der Waals surface area contributed by atoms with Gasteiger partial charge in [-0.15, -0.1) is 0 Å². The maximum atomic E-state index is 11.8. The van der Waals surface area contributed by atoms with E-state index >= 15 is 0 Å². The molecule has 164 valence electrons. The van der Waals surface area contributed by atoms with Crippen LogP contribution < -0.4 is 5.32 Å². The van der Waals surface area contributed by atoms with Crippen LogP contribution in [0.4, 0.5) is 0 Å². The standard InChI is InChI=1S/C24H23N3O5/c28-14-20(24(31)32)25-11-10-18-22-17(12-19(26-18)23(29)30)16-8-4-5-9-21(16)27(22)13-15-6-2-1-3-7-15/h1-9,12,20,25,28H,10-11,13-14H2,(H,29,30)(H,31,32)/t20-/m1/s1. The van der Waals surface area contributed by atoms with Crippen LogP contribution in [0.5, 0.6) is 0 Å². The van der Waals surface area contributed by atoms with Crippen molar-refractivity contribution in [3.8, 4) is 0 Å². The van der Waals surface area contributed by atoms with Crippen LogP contribution in [-0.4, -0.2) is 56.0 Å². The maximum Gasteiger partial charge on any atom is 0.354 e. The van der Waals surface area contributed by atoms with Crippen molar-refractivity contribution < 1.29 is 24.9 Å². The summed E-state index contributed by atoms with van der Waals surface area (Å²) in [6.45, 7) is 0.255. The Morgan fingerprint density at radius 2 is 1.72 bits per heavy atom. The van der Waals surface area contributed by atoms with Crippen LogP contribution in [0.2, 0.25) is 0 Å². The SMILES string of the molecule is O=C(O)c1cc2c3ccccc3n(Cc3ccccc3)c2c(CCN[C@H](CO)C(=O)O)n1. The summed E-state index contributed by atoms with van der Waals surface area (Å²) < 4.78 is 2.12. The number of aromatic carboxylic acids is 1. The monoisotopic (exact) mass is 433 g/mol. The highest BCUT2D eigenvalue weighted by Gasteiger charge is 2.20. The number of para-hydroxylation sites is 1. The number of aromatic nitrogens is 2. The lowest BCUT2D eigenvalue weighted by Gasteiger charge is -2.14. The number of aliphatic hydroxyl groups excluding tert-OH is 1. The maximum absolute atomic E-state index is 11.8. The fraction of sp³-hybridized carbons (Fsp3) is 0.208. The van der Waals surface area contributed by atoms with Crippen molar-refractivity contribution in [1.82, 2.24) is 14.9 Å². The predicted octanol–water partition coefficient (Wildman–Crippen LogP) is 2.51. The minimum Gasteiger partial charge on any atom is -0.480 e. The van der Waals surface area contributed by atoms with Gasteiger partial charge in [-0.3, -0.25) is 4.79 Å². The average Bonchev–Trinajstić information content (AvgIpc) is 3.11. The van der Waals surface area contributed by atoms with E-state index in [4.69, 9.17) is 5.11 Å². The number of carboxylic acids is 2. The second-order valence-electron chi connectivity index (χ2n) is 7.52. The van der Waals surface area contributed by atoms with E-state index in [1.807, 2.05) is 54.6 Å². The fourth-order valence-corrected chi connectivity index (χ4v) is 3.96. The van der Waals surface area contributed by atoms with E-state index in [0.29, 0.717) is 18.7 Å². The Balaban J connectivity index is 1.85. The Labute approximate surface area is 183 Å². The number of pyridine rings is 1. The van der Waals surface area contributed by atoms with Gasteiger partial charge >= 0.3 is 11.9 Å². The Morgan fingerprint density at radius 3 is 2.41 bits per heavy atom. The van der Waals surface area contributed by atoms with Crippen LogP contribution >= 0.6 is 0 Å². The summed E-state index contributed by atoms with van der Waals surface area (Å²) in [7, 11) is 0. The van der Waals surface area contributed by atoms with Crippen molar-refractivity contribution >= 4 is 33.7 Å². The van der Waals surface area contributed by atoms with Gasteiger partial charge < -0.3 is 25.2 Å². The first-order chi connectivity index (χ1) is 15.5. The molecule has 0 saturated carbocycles. The number of nitrogens with one attached hydrogen (secondary N) is 1. The molecule has 8 heteroatoms. The van der Waals surface area contributed by atoms with Crippen molar-refractivity contribution in [1.29, 1.82) is 0 Å². The second-order valence-corrected chi connectivity index (χ2v) is 7.52. The first kappa shape index (κ1) is 21.5. The Morgan fingerprint density at radius 1 is 1.00 bits per heavy atom. The summed E-state index contributed by atoms with van der Waals surface area (Å²) in [5.74, 6) is -2.28. The molecule has 0 fully saturated rings. The molecule has 2 aromatic heterocycles. The van der Waals surface area contributed by atoms with Gasteiger partial charge in [0.25, 0.3) is 0 Å². The van der Waals surface area contributed by atoms with E-state index < -0.39 is 24.6 Å². The quantitative estimate of drug-likeness (QED) is 0.320. The van der Waals surface area contributed by atoms with Gasteiger partial charge in [0, 0.05) is 35.8 Å². The summed E-state index contributed by atoms with van der Waals surface area (Å²) in [5, 5.41) is 32.5. The van der Waals surface area contributed by atoms with Crippen molar-refractivity contribution in [3.63, 3.8) is 0 Å². The average molecular weight is 433 g/mol. The van der Waals surface area contributed by atoms with E-state index in [1.165, 1.54) is 0 Å². The molecule has 0 radical (unpaired) electrons. The van der Waals surface area contributed by atoms with Gasteiger partial charge in [0.2, 0.25) is 0 Å². The molecule has 4 aromatic rings. The fourth-order valence-electron chi connectivity index (χ4n) is 3.96. The number of nitrogens with zero attached hydrogens (tertiary/aromatic N) is 2. The lowest BCUT2D eigenvalue weighted by atomic mass is 10.1. The number of aliphatic hydroxyl groups is 1. The molecule has 0 bridgehead atoms. The molecule has 0 unspecified atom stereocenters. The summed E-state index contributed by atoms with van der Waals surface area (Å²) >= 11 is 0. The third-order valence-corrected chi connectivity index (χ3v) is 5.46. The molecule has 0 aliphatic heterocycles. The number of fused-ring (bicyclic) bond motifs is 3. The predicted molar refractivity (Wildman–Crippen MR) is 120 cm³/mol. The van der Waals surface area contributed by atoms with Gasteiger partial charge in [0.05, 0.1) is 17.8 Å². The number of benzene rings is 2. The molecule has 0 aliphatic carbocycles. The molecule has 2 heterocycles. The third-order valence-electron chi connectivity index (χ3n) is 5.46. The number of hydrogen-bond donors (Lipinski definition) is 4. The highest BCUT2D eigenvalue weighted by Crippen LogP contribution is 2.32. The minimum absolute atomic E-state index is 0.0629. The van der Waals surface area contributed by atoms with Crippen LogP contribution in [0, 0.1) is 0 Å². The number of carbonyl (C=O) groups is 2. The first-order valence-electron chi connectivity index (χ1n) is 10.2. The molecule has 4 rings (SSSR count). The molecule has 0 spiro atoms. The van der Waals surface area contributed by atoms with Crippen LogP contribution in [0.1, 0.15) is 21.7 Å². The molecule has 32 heavy (non-hydrogen) atoms. The van der Waals surface area contributed by atoms with Crippen molar-refractivity contribution in [3.05, 3.63) is 77.6 Å². The molecule has 0 saturated heterocycles. The van der Waals surface area contributed by atoms with Crippen LogP contribution in [0.25, 0.3) is 21.8 Å². The first-order valence-corrected chi connectivity index (χ1v) is 10.2. The van der Waals surface area contributed by atoms with Crippen LogP contribution in [0.15, 0.2) is 60.7 Å². The minimum atomic E-state index is -1.15. The Bertz CT molecular complexity index is 1280. The largest absolute Gasteiger partial charge is 0.480 e. The van der Waals surface area contributed by atoms with E-state index in [2.05, 4.69) is 14.9 Å². The van der Waals surface area contributed by atoms with E-state index in [9.17, 15) is 19.8 Å². The van der Waals surface area contributed by atoms with E-state index in [-0.39, 0.29) is 12.2 Å². The van der Waals surface area contributed by atoms with Crippen LogP contribution in [-0.2, 0) is 17.8 Å². The number of aliphatic carboxylic acids is 1. The molecule has 2 aromatic carbocycles. The Kier molecular flexibility index (Phi) is 6.16. The lowest BCUT2D eigenvalue weighted by Crippen LogP contribution is -2.40. The van der Waals surface area contributed by atoms with Gasteiger partial charge in [-0.25, -0.2) is 9.78 Å². The van der Waals surface area contributed by atoms with E-state index in [0.717, 1.165) is 27.4 Å². The molecule has 0 amide bonds. The summed E-state index contributed by atoms with van der Waals surface area (Å²) in [6, 6.07) is 18.2. The zero-order valence-electron chi connectivity index (χ0n) is 17.2. The summed E-state index contributed by atoms with van der Waals surface area (Å²) in [6.07, 6.45) is 0.298. The number of rotatable bonds is 9. The molecule has 8 nitrogen and oxygen atoms in total. The van der Waals surface area contributed by atoms with Gasteiger partial charge in [-0.2, -0.15) is 0 Å². The Hall–Kier alpha value is -3.75. The van der Waals surface area contributed by atoms with Crippen molar-refractivity contribution in [2.45, 2.75) is 19.0 Å². The number of carboxylic acid groups (broad SMARTS) is 2. The highest BCUT2D eigenvalue weighted by atomic mass is 16.4. The zero-order valence-corrected chi connectivity index (χ0v) is 17.2. The lowest BCUT2D eigenvalue weighted by molar-refractivity contribution is -0.140. The van der Waals surface area contributed by atoms with Gasteiger partial charge in [-0.05, 0) is 17.7 Å². The topological polar surface area (TPSA) is 125 Å². The highest BCUT2D eigenvalue weighted by molar-refractivity contribution is 6.10. The molecule has 4 N–H and O–H groups in total. The number of hydrogen-bond acceptors (Lipinski definition) is 5. The molecule has 0 aliphatic rings. The zero-order chi connectivity index (χ0) is 22.7. The van der Waals surface area contributed by atoms with Gasteiger partial charge in [0.15, 0.2) is 0 Å². The van der Waals surface area contributed by atoms with Crippen molar-refractivity contribution in [2.75, 3.05) is 13.2 Å². The second kappa shape index (κ2) is 9.17. The molecule has 1 atom stereocenters. The van der Waals surface area contributed by atoms with Crippen LogP contribution in [0.3, 0.4) is 0 Å². The summed E-state index contributed by atoms with van der Waals surface area (Å²) in [4.78, 5) is 27.3.